The fourth-order valence-corrected chi connectivity index (χ4v) is 1.29. The number of rotatable bonds is 3. The van der Waals surface area contributed by atoms with Crippen LogP contribution in [-0.4, -0.2) is 12.4 Å². The van der Waals surface area contributed by atoms with E-state index in [-0.39, 0.29) is 5.56 Å². The van der Waals surface area contributed by atoms with Crippen molar-refractivity contribution in [3.8, 4) is 5.75 Å². The lowest BCUT2D eigenvalue weighted by molar-refractivity contribution is -0.141. The first kappa shape index (κ1) is 14.2. The summed E-state index contributed by atoms with van der Waals surface area (Å²) in [5.74, 6) is -1.85. The Hall–Kier alpha value is -1.86. The number of nitrogen functional groups attached to an aromatic ring is 1. The first-order valence-electron chi connectivity index (χ1n) is 4.59. The Morgan fingerprint density at radius 2 is 1.89 bits per heavy atom. The van der Waals surface area contributed by atoms with Crippen LogP contribution in [0.2, 0.25) is 0 Å². The van der Waals surface area contributed by atoms with Crippen LogP contribution in [0.15, 0.2) is 12.1 Å². The maximum absolute atomic E-state index is 12.6. The summed E-state index contributed by atoms with van der Waals surface area (Å²) in [6.07, 6.45) is -4.95. The summed E-state index contributed by atoms with van der Waals surface area (Å²) in [5.41, 5.74) is 2.68. The molecule has 0 aliphatic heterocycles. The van der Waals surface area contributed by atoms with Crippen LogP contribution in [0.5, 0.6) is 5.75 Å². The molecular weight excluding hydrogens is 261 g/mol. The van der Waals surface area contributed by atoms with Gasteiger partial charge in [-0.05, 0) is 19.1 Å². The number of hydrogen-bond donors (Lipinski definition) is 1. The molecule has 0 unspecified atom stereocenters. The molecule has 0 amide bonds. The number of Topliss-reactive ketones (excluding diaryl/α,β-unsaturated/α-hetero) is 1. The van der Waals surface area contributed by atoms with Crippen molar-refractivity contribution < 1.29 is 31.5 Å². The molecule has 1 aromatic rings. The zero-order valence-corrected chi connectivity index (χ0v) is 9.02. The Morgan fingerprint density at radius 1 is 1.33 bits per heavy atom. The summed E-state index contributed by atoms with van der Waals surface area (Å²) in [6, 6.07) is 1.28. The molecule has 2 N–H and O–H groups in total. The van der Waals surface area contributed by atoms with Gasteiger partial charge in [0.25, 0.3) is 0 Å². The number of nitrogens with two attached hydrogens (primary N) is 1. The van der Waals surface area contributed by atoms with Crippen molar-refractivity contribution in [2.24, 2.45) is 0 Å². The Balaban J connectivity index is 3.45. The van der Waals surface area contributed by atoms with Gasteiger partial charge in [0.15, 0.2) is 11.5 Å². The molecule has 0 spiro atoms. The van der Waals surface area contributed by atoms with E-state index in [1.54, 1.807) is 0 Å². The van der Waals surface area contributed by atoms with Crippen LogP contribution in [0.4, 0.5) is 27.6 Å². The highest BCUT2D eigenvalue weighted by atomic mass is 19.4. The molecule has 100 valence electrons. The van der Waals surface area contributed by atoms with Crippen LogP contribution < -0.4 is 10.5 Å². The van der Waals surface area contributed by atoms with E-state index >= 15 is 0 Å². The van der Waals surface area contributed by atoms with Crippen molar-refractivity contribution in [1.29, 1.82) is 0 Å². The van der Waals surface area contributed by atoms with Gasteiger partial charge < -0.3 is 10.5 Å². The Labute approximate surface area is 98.3 Å². The number of hydrogen-bond acceptors (Lipinski definition) is 3. The maximum atomic E-state index is 12.6. The summed E-state index contributed by atoms with van der Waals surface area (Å²) in [6.45, 7) is -2.42. The molecule has 0 saturated heterocycles. The smallest absolute Gasteiger partial charge is 0.420 e. The second-order valence-corrected chi connectivity index (χ2v) is 3.37. The highest BCUT2D eigenvalue weighted by molar-refractivity contribution is 5.95. The van der Waals surface area contributed by atoms with Crippen LogP contribution in [0, 0.1) is 0 Å². The number of ether oxygens (including phenoxy) is 1. The van der Waals surface area contributed by atoms with Gasteiger partial charge in [-0.2, -0.15) is 22.0 Å². The maximum Gasteiger partial charge on any atom is 0.420 e. The molecule has 18 heavy (non-hydrogen) atoms. The van der Waals surface area contributed by atoms with E-state index in [0.29, 0.717) is 6.07 Å². The van der Waals surface area contributed by atoms with E-state index in [0.717, 1.165) is 13.0 Å². The summed E-state index contributed by atoms with van der Waals surface area (Å²) >= 11 is 0. The number of ketones is 1. The average Bonchev–Trinajstić information content (AvgIpc) is 2.17. The zero-order chi connectivity index (χ0) is 14.1. The Bertz CT molecular complexity index is 470. The minimum absolute atomic E-state index is 0.332. The predicted molar refractivity (Wildman–Crippen MR) is 52.5 cm³/mol. The number of alkyl halides is 5. The van der Waals surface area contributed by atoms with Gasteiger partial charge in [0.2, 0.25) is 0 Å². The van der Waals surface area contributed by atoms with Crippen LogP contribution in [-0.2, 0) is 6.18 Å². The monoisotopic (exact) mass is 269 g/mol. The average molecular weight is 269 g/mol. The molecule has 0 aromatic heterocycles. The third kappa shape index (κ3) is 3.08. The highest BCUT2D eigenvalue weighted by Gasteiger charge is 2.37. The van der Waals surface area contributed by atoms with E-state index in [1.165, 1.54) is 0 Å². The molecule has 0 bridgehead atoms. The Morgan fingerprint density at radius 3 is 2.28 bits per heavy atom. The highest BCUT2D eigenvalue weighted by Crippen LogP contribution is 2.41. The fourth-order valence-electron chi connectivity index (χ4n) is 1.29. The first-order chi connectivity index (χ1) is 8.12. The third-order valence-corrected chi connectivity index (χ3v) is 2.04. The summed E-state index contributed by atoms with van der Waals surface area (Å²) in [5, 5.41) is 0. The molecule has 0 fully saturated rings. The second kappa shape index (κ2) is 4.79. The van der Waals surface area contributed by atoms with Crippen molar-refractivity contribution in [3.63, 3.8) is 0 Å². The van der Waals surface area contributed by atoms with Gasteiger partial charge in [0.05, 0.1) is 5.69 Å². The molecule has 0 atom stereocenters. The lowest BCUT2D eigenvalue weighted by Gasteiger charge is -2.16. The van der Waals surface area contributed by atoms with E-state index in [9.17, 15) is 26.7 Å². The molecule has 0 aliphatic rings. The normalized spacial score (nSPS) is 11.7. The first-order valence-corrected chi connectivity index (χ1v) is 4.59. The summed E-state index contributed by atoms with van der Waals surface area (Å²) in [4.78, 5) is 11.0. The number of benzene rings is 1. The largest absolute Gasteiger partial charge is 0.432 e. The van der Waals surface area contributed by atoms with Crippen LogP contribution >= 0.6 is 0 Å². The van der Waals surface area contributed by atoms with Gasteiger partial charge in [0, 0.05) is 5.56 Å². The molecule has 0 saturated carbocycles. The molecule has 0 aliphatic carbocycles. The molecule has 8 heteroatoms. The van der Waals surface area contributed by atoms with Gasteiger partial charge in [-0.25, -0.2) is 0 Å². The minimum atomic E-state index is -4.95. The van der Waals surface area contributed by atoms with E-state index in [1.807, 2.05) is 0 Å². The quantitative estimate of drug-likeness (QED) is 0.521. The van der Waals surface area contributed by atoms with Crippen molar-refractivity contribution in [2.45, 2.75) is 19.7 Å². The number of carbonyl (C=O) groups is 1. The lowest BCUT2D eigenvalue weighted by Crippen LogP contribution is -2.14. The summed E-state index contributed by atoms with van der Waals surface area (Å²) in [7, 11) is 0. The molecule has 1 rings (SSSR count). The van der Waals surface area contributed by atoms with Crippen molar-refractivity contribution in [1.82, 2.24) is 0 Å². The summed E-state index contributed by atoms with van der Waals surface area (Å²) < 4.78 is 65.7. The SMILES string of the molecule is CC(=O)c1cc(N)c(OC(F)F)c(C(F)(F)F)c1. The minimum Gasteiger partial charge on any atom is -0.432 e. The fraction of sp³-hybridized carbons (Fsp3) is 0.300. The van der Waals surface area contributed by atoms with Gasteiger partial charge >= 0.3 is 12.8 Å². The molecule has 0 heterocycles. The molecular formula is C10H8F5NO2. The van der Waals surface area contributed by atoms with E-state index in [4.69, 9.17) is 5.73 Å². The lowest BCUT2D eigenvalue weighted by atomic mass is 10.0. The molecule has 0 radical (unpaired) electrons. The topological polar surface area (TPSA) is 52.3 Å². The number of halogens is 5. The van der Waals surface area contributed by atoms with Crippen molar-refractivity contribution in [2.75, 3.05) is 5.73 Å². The zero-order valence-electron chi connectivity index (χ0n) is 9.02. The third-order valence-electron chi connectivity index (χ3n) is 2.04. The van der Waals surface area contributed by atoms with Crippen LogP contribution in [0.1, 0.15) is 22.8 Å². The Kier molecular flexibility index (Phi) is 3.78. The van der Waals surface area contributed by atoms with Gasteiger partial charge in [-0.15, -0.1) is 0 Å². The van der Waals surface area contributed by atoms with Gasteiger partial charge in [-0.3, -0.25) is 4.79 Å². The van der Waals surface area contributed by atoms with Gasteiger partial charge in [0.1, 0.15) is 5.56 Å². The predicted octanol–water partition coefficient (Wildman–Crippen LogP) is 3.09. The number of anilines is 1. The van der Waals surface area contributed by atoms with Gasteiger partial charge in [-0.1, -0.05) is 0 Å². The molecule has 3 nitrogen and oxygen atoms in total. The van der Waals surface area contributed by atoms with Crippen molar-refractivity contribution >= 4 is 11.5 Å². The van der Waals surface area contributed by atoms with E-state index < -0.39 is 35.6 Å². The van der Waals surface area contributed by atoms with Crippen LogP contribution in [0.3, 0.4) is 0 Å². The molecule has 1 aromatic carbocycles. The van der Waals surface area contributed by atoms with E-state index in [2.05, 4.69) is 4.74 Å². The second-order valence-electron chi connectivity index (χ2n) is 3.37. The number of carbonyl (C=O) groups excluding carboxylic acids is 1. The van der Waals surface area contributed by atoms with Crippen LogP contribution in [0.25, 0.3) is 0 Å². The standard InChI is InChI=1S/C10H8F5NO2/c1-4(17)5-2-6(10(13,14)15)8(7(16)3-5)18-9(11)12/h2-3,9H,16H2,1H3. The van der Waals surface area contributed by atoms with Crippen molar-refractivity contribution in [3.05, 3.63) is 23.3 Å².